The van der Waals surface area contributed by atoms with E-state index in [-0.39, 0.29) is 12.1 Å². The number of rotatable bonds is 17. The first kappa shape index (κ1) is 22.4. The Balaban J connectivity index is 3.20. The van der Waals surface area contributed by atoms with Crippen molar-refractivity contribution in [2.24, 2.45) is 0 Å². The van der Waals surface area contributed by atoms with Gasteiger partial charge < -0.3 is 16.0 Å². The van der Waals surface area contributed by atoms with Gasteiger partial charge in [-0.05, 0) is 6.42 Å². The van der Waals surface area contributed by atoms with E-state index < -0.39 is 0 Å². The highest BCUT2D eigenvalue weighted by Gasteiger charge is 2.08. The summed E-state index contributed by atoms with van der Waals surface area (Å²) in [6.45, 7) is 4.17. The van der Waals surface area contributed by atoms with Crippen LogP contribution in [0, 0.1) is 5.21 Å². The average molecular weight is 329 g/mol. The van der Waals surface area contributed by atoms with E-state index in [1.54, 1.807) is 0 Å². The predicted octanol–water partition coefficient (Wildman–Crippen LogP) is 4.38. The molecule has 0 saturated heterocycles. The second-order valence-electron chi connectivity index (χ2n) is 6.71. The fourth-order valence-corrected chi connectivity index (χ4v) is 2.81. The monoisotopic (exact) mass is 328 g/mol. The summed E-state index contributed by atoms with van der Waals surface area (Å²) in [5, 5.41) is 13.4. The summed E-state index contributed by atoms with van der Waals surface area (Å²) in [5.74, 6) is 0.0204. The molecule has 0 radical (unpaired) electrons. The lowest BCUT2D eigenvalue weighted by Crippen LogP contribution is -2.88. The van der Waals surface area contributed by atoms with Crippen LogP contribution in [0.4, 0.5) is 0 Å². The van der Waals surface area contributed by atoms with Crippen LogP contribution in [0.5, 0.6) is 0 Å². The summed E-state index contributed by atoms with van der Waals surface area (Å²) in [4.78, 5) is 11.6. The van der Waals surface area contributed by atoms with Gasteiger partial charge >= 0.3 is 0 Å². The minimum absolute atomic E-state index is 0.0204. The molecule has 0 spiro atoms. The molecule has 4 heteroatoms. The Bertz CT molecular complexity index is 256. The van der Waals surface area contributed by atoms with E-state index in [1.807, 2.05) is 6.92 Å². The van der Waals surface area contributed by atoms with Crippen LogP contribution in [0.3, 0.4) is 0 Å². The summed E-state index contributed by atoms with van der Waals surface area (Å²) in [6, 6.07) is 0. The van der Waals surface area contributed by atoms with Crippen LogP contribution < -0.4 is 10.8 Å². The van der Waals surface area contributed by atoms with Crippen molar-refractivity contribution in [3.05, 3.63) is 5.21 Å². The molecule has 0 aromatic rings. The third-order valence-corrected chi connectivity index (χ3v) is 4.46. The smallest absolute Gasteiger partial charge is 0.224 e. The maximum Gasteiger partial charge on any atom is 0.224 e. The Hall–Kier alpha value is -0.610. The second kappa shape index (κ2) is 17.7. The highest BCUT2D eigenvalue weighted by molar-refractivity contribution is 5.75. The second-order valence-corrected chi connectivity index (χ2v) is 6.71. The fraction of sp³-hybridized carbons (Fsp3) is 0.947. The fourth-order valence-electron chi connectivity index (χ4n) is 2.81. The van der Waals surface area contributed by atoms with E-state index in [0.29, 0.717) is 12.8 Å². The van der Waals surface area contributed by atoms with Gasteiger partial charge in [0, 0.05) is 12.8 Å². The third-order valence-electron chi connectivity index (χ3n) is 4.46. The van der Waals surface area contributed by atoms with E-state index in [2.05, 4.69) is 12.2 Å². The van der Waals surface area contributed by atoms with Gasteiger partial charge in [-0.1, -0.05) is 90.9 Å². The summed E-state index contributed by atoms with van der Waals surface area (Å²) in [7, 11) is 0. The quantitative estimate of drug-likeness (QED) is 0.236. The Labute approximate surface area is 143 Å². The first-order valence-electron chi connectivity index (χ1n) is 9.99. The van der Waals surface area contributed by atoms with E-state index >= 15 is 0 Å². The van der Waals surface area contributed by atoms with Crippen LogP contribution in [0.1, 0.15) is 110 Å². The Morgan fingerprint density at radius 1 is 0.826 bits per heavy atom. The number of amides is 1. The van der Waals surface area contributed by atoms with Gasteiger partial charge in [0.15, 0.2) is 6.17 Å². The number of nitrogens with two attached hydrogens (primary N) is 1. The molecule has 3 N–H and O–H groups in total. The van der Waals surface area contributed by atoms with Gasteiger partial charge in [0.05, 0.1) is 0 Å². The van der Waals surface area contributed by atoms with Crippen molar-refractivity contribution >= 4 is 5.91 Å². The van der Waals surface area contributed by atoms with Gasteiger partial charge in [-0.15, -0.1) is 0 Å². The van der Waals surface area contributed by atoms with Crippen LogP contribution in [0.25, 0.3) is 0 Å². The minimum atomic E-state index is -0.301. The lowest BCUT2D eigenvalue weighted by atomic mass is 10.0. The van der Waals surface area contributed by atoms with Gasteiger partial charge in [-0.2, -0.15) is 0 Å². The van der Waals surface area contributed by atoms with Crippen molar-refractivity contribution in [2.45, 2.75) is 116 Å². The molecule has 23 heavy (non-hydrogen) atoms. The highest BCUT2D eigenvalue weighted by atomic mass is 16.5. The molecule has 0 rings (SSSR count). The van der Waals surface area contributed by atoms with Gasteiger partial charge in [-0.25, -0.2) is 0 Å². The molecule has 0 aliphatic carbocycles. The molecule has 0 aromatic carbocycles. The number of hydroxylamine groups is 1. The lowest BCUT2D eigenvalue weighted by molar-refractivity contribution is -0.631. The lowest BCUT2D eigenvalue weighted by Gasteiger charge is -2.16. The number of quaternary nitrogens is 1. The number of unbranched alkanes of at least 4 members (excludes halogenated alkanes) is 12. The Kier molecular flexibility index (Phi) is 17.3. The number of hydrogen-bond donors (Lipinski definition) is 2. The molecule has 138 valence electrons. The number of carbonyl (C=O) groups excluding carboxylic acids is 1. The van der Waals surface area contributed by atoms with E-state index in [9.17, 15) is 10.0 Å². The van der Waals surface area contributed by atoms with E-state index in [1.165, 1.54) is 70.6 Å². The first-order valence-corrected chi connectivity index (χ1v) is 9.99. The maximum absolute atomic E-state index is 11.6. The molecule has 0 bridgehead atoms. The van der Waals surface area contributed by atoms with E-state index in [4.69, 9.17) is 0 Å². The molecule has 0 saturated carbocycles. The maximum atomic E-state index is 11.6. The van der Waals surface area contributed by atoms with Crippen molar-refractivity contribution in [3.63, 3.8) is 0 Å². The molecule has 0 aliphatic heterocycles. The normalized spacial score (nSPS) is 12.3. The summed E-state index contributed by atoms with van der Waals surface area (Å²) in [6.07, 6.45) is 18.0. The predicted molar refractivity (Wildman–Crippen MR) is 97.8 cm³/mol. The minimum Gasteiger partial charge on any atom is -0.634 e. The number of hydrogen-bond acceptors (Lipinski definition) is 2. The van der Waals surface area contributed by atoms with Gasteiger partial charge in [0.2, 0.25) is 5.91 Å². The molecular weight excluding hydrogens is 288 g/mol. The molecule has 0 aromatic heterocycles. The van der Waals surface area contributed by atoms with Crippen LogP contribution in [0.15, 0.2) is 0 Å². The Morgan fingerprint density at radius 3 is 1.65 bits per heavy atom. The van der Waals surface area contributed by atoms with Crippen LogP contribution in [0.2, 0.25) is 0 Å². The van der Waals surface area contributed by atoms with Gasteiger partial charge in [-0.3, -0.25) is 4.79 Å². The molecule has 1 atom stereocenters. The van der Waals surface area contributed by atoms with E-state index in [0.717, 1.165) is 18.3 Å². The molecular formula is C19H40N2O2. The van der Waals surface area contributed by atoms with Crippen molar-refractivity contribution in [2.75, 3.05) is 0 Å². The summed E-state index contributed by atoms with van der Waals surface area (Å²) in [5.41, 5.74) is 0.821. The summed E-state index contributed by atoms with van der Waals surface area (Å²) >= 11 is 0. The number of nitrogens with one attached hydrogen (secondary N) is 1. The zero-order valence-corrected chi connectivity index (χ0v) is 15.6. The van der Waals surface area contributed by atoms with Crippen molar-refractivity contribution in [3.8, 4) is 0 Å². The standard InChI is InChI=1S/C19H40N2O2/c1-3-5-6-7-8-9-10-11-12-13-14-15-16-17-19(22)20-18(4-2)21-23/h18H,3-17,21H2,1-2H3,(H,20,22). The zero-order chi connectivity index (χ0) is 17.2. The zero-order valence-electron chi connectivity index (χ0n) is 15.6. The molecule has 4 nitrogen and oxygen atoms in total. The summed E-state index contributed by atoms with van der Waals surface area (Å²) < 4.78 is 0. The topological polar surface area (TPSA) is 68.8 Å². The first-order chi connectivity index (χ1) is 11.2. The Morgan fingerprint density at radius 2 is 1.26 bits per heavy atom. The molecule has 0 aliphatic rings. The number of carbonyl (C=O) groups is 1. The van der Waals surface area contributed by atoms with Crippen molar-refractivity contribution in [1.29, 1.82) is 0 Å². The third kappa shape index (κ3) is 16.0. The van der Waals surface area contributed by atoms with Crippen molar-refractivity contribution in [1.82, 2.24) is 5.32 Å². The van der Waals surface area contributed by atoms with Gasteiger partial charge in [0.25, 0.3) is 0 Å². The molecule has 0 fully saturated rings. The van der Waals surface area contributed by atoms with Crippen LogP contribution in [-0.2, 0) is 4.79 Å². The molecule has 0 heterocycles. The highest BCUT2D eigenvalue weighted by Crippen LogP contribution is 2.12. The largest absolute Gasteiger partial charge is 0.634 e. The van der Waals surface area contributed by atoms with Gasteiger partial charge in [0.1, 0.15) is 0 Å². The van der Waals surface area contributed by atoms with Crippen molar-refractivity contribution < 1.29 is 10.3 Å². The SMILES string of the molecule is CCCCCCCCCCCCCCCC(=O)NC(CC)[NH2+][O-]. The van der Waals surface area contributed by atoms with Crippen LogP contribution >= 0.6 is 0 Å². The van der Waals surface area contributed by atoms with Crippen LogP contribution in [-0.4, -0.2) is 12.1 Å². The molecule has 1 amide bonds. The average Bonchev–Trinajstić information content (AvgIpc) is 2.56. The molecule has 1 unspecified atom stereocenters.